The minimum absolute atomic E-state index is 0.0565. The molecule has 4 heterocycles. The van der Waals surface area contributed by atoms with Crippen molar-refractivity contribution in [1.29, 1.82) is 0 Å². The third-order valence-corrected chi connectivity index (χ3v) is 5.25. The van der Waals surface area contributed by atoms with Gasteiger partial charge in [0.2, 0.25) is 0 Å². The van der Waals surface area contributed by atoms with Crippen molar-refractivity contribution < 1.29 is 5.11 Å². The highest BCUT2D eigenvalue weighted by molar-refractivity contribution is 6.16. The van der Waals surface area contributed by atoms with E-state index >= 15 is 0 Å². The number of aliphatic imine (C=N–C) groups is 1. The lowest BCUT2D eigenvalue weighted by Gasteiger charge is -2.23. The molecule has 0 radical (unpaired) electrons. The fraction of sp³-hybridized carbons (Fsp3) is 0.250. The lowest BCUT2D eigenvalue weighted by molar-refractivity contribution is 0.200. The van der Waals surface area contributed by atoms with Gasteiger partial charge in [-0.15, -0.1) is 0 Å². The zero-order chi connectivity index (χ0) is 17.1. The number of aromatic nitrogens is 2. The zero-order valence-electron chi connectivity index (χ0n) is 13.8. The van der Waals surface area contributed by atoms with Gasteiger partial charge in [-0.05, 0) is 35.9 Å². The van der Waals surface area contributed by atoms with Crippen LogP contribution in [-0.4, -0.2) is 26.4 Å². The van der Waals surface area contributed by atoms with E-state index < -0.39 is 6.10 Å². The summed E-state index contributed by atoms with van der Waals surface area (Å²) in [6, 6.07) is 2.05. The molecule has 5 heteroatoms. The first kappa shape index (κ1) is 14.5. The van der Waals surface area contributed by atoms with Crippen LogP contribution in [-0.2, 0) is 6.54 Å². The molecule has 2 aliphatic heterocycles. The molecule has 0 aromatic carbocycles. The molecule has 1 aliphatic carbocycles. The maximum absolute atomic E-state index is 13.0. The number of nitrogens with zero attached hydrogens (tertiary/aromatic N) is 3. The maximum atomic E-state index is 13.0. The minimum Gasteiger partial charge on any atom is -0.389 e. The van der Waals surface area contributed by atoms with Gasteiger partial charge in [-0.1, -0.05) is 24.3 Å². The van der Waals surface area contributed by atoms with E-state index in [1.165, 1.54) is 11.1 Å². The molecular weight excluding hydrogens is 314 g/mol. The Kier molecular flexibility index (Phi) is 2.97. The van der Waals surface area contributed by atoms with Crippen LogP contribution < -0.4 is 5.56 Å². The van der Waals surface area contributed by atoms with Gasteiger partial charge in [-0.25, -0.2) is 0 Å². The Morgan fingerprint density at radius 2 is 2.16 bits per heavy atom. The number of hydrogen-bond donors (Lipinski definition) is 1. The van der Waals surface area contributed by atoms with Crippen LogP contribution in [0, 0.1) is 0 Å². The first-order valence-electron chi connectivity index (χ1n) is 8.51. The van der Waals surface area contributed by atoms with E-state index in [1.807, 2.05) is 18.2 Å². The highest BCUT2D eigenvalue weighted by Crippen LogP contribution is 2.35. The summed E-state index contributed by atoms with van der Waals surface area (Å²) in [5, 5.41) is 11.4. The van der Waals surface area contributed by atoms with Crippen molar-refractivity contribution in [1.82, 2.24) is 9.55 Å². The third-order valence-electron chi connectivity index (χ3n) is 5.25. The number of pyridine rings is 2. The number of rotatable bonds is 1. The Bertz CT molecular complexity index is 1100. The molecule has 5 nitrogen and oxygen atoms in total. The first-order valence-corrected chi connectivity index (χ1v) is 8.51. The normalized spacial score (nSPS) is 21.8. The average molecular weight is 331 g/mol. The van der Waals surface area contributed by atoms with Gasteiger partial charge in [0.05, 0.1) is 28.9 Å². The van der Waals surface area contributed by atoms with Crippen LogP contribution in [0.4, 0.5) is 0 Å². The number of fused-ring (bicyclic) bond motifs is 5. The molecule has 5 rings (SSSR count). The summed E-state index contributed by atoms with van der Waals surface area (Å²) in [5.41, 5.74) is 4.84. The van der Waals surface area contributed by atoms with Crippen LogP contribution in [0.1, 0.15) is 30.7 Å². The Balaban J connectivity index is 1.82. The summed E-state index contributed by atoms with van der Waals surface area (Å²) < 4.78 is 1.80. The number of aliphatic hydroxyl groups excluding tert-OH is 1. The molecule has 0 bridgehead atoms. The van der Waals surface area contributed by atoms with Gasteiger partial charge in [0.15, 0.2) is 0 Å². The molecule has 1 N–H and O–H groups in total. The van der Waals surface area contributed by atoms with Crippen LogP contribution in [0.25, 0.3) is 10.8 Å². The fourth-order valence-corrected chi connectivity index (χ4v) is 4.02. The molecule has 0 amide bonds. The van der Waals surface area contributed by atoms with E-state index in [4.69, 9.17) is 4.99 Å². The van der Waals surface area contributed by atoms with Crippen LogP contribution in [0.5, 0.6) is 0 Å². The van der Waals surface area contributed by atoms with Gasteiger partial charge >= 0.3 is 0 Å². The van der Waals surface area contributed by atoms with Gasteiger partial charge in [0.1, 0.15) is 0 Å². The van der Waals surface area contributed by atoms with Gasteiger partial charge in [0, 0.05) is 24.5 Å². The van der Waals surface area contributed by atoms with Crippen molar-refractivity contribution in [2.45, 2.75) is 32.0 Å². The molecule has 124 valence electrons. The van der Waals surface area contributed by atoms with Crippen LogP contribution in [0.3, 0.4) is 0 Å². The minimum atomic E-state index is -0.681. The Labute approximate surface area is 144 Å². The maximum Gasteiger partial charge on any atom is 0.260 e. The third kappa shape index (κ3) is 1.96. The highest BCUT2D eigenvalue weighted by atomic mass is 16.3. The molecule has 0 saturated heterocycles. The second-order valence-corrected chi connectivity index (χ2v) is 6.70. The Morgan fingerprint density at radius 3 is 3.00 bits per heavy atom. The van der Waals surface area contributed by atoms with Crippen molar-refractivity contribution in [3.8, 4) is 0 Å². The smallest absolute Gasteiger partial charge is 0.260 e. The highest BCUT2D eigenvalue weighted by Gasteiger charge is 2.32. The quantitative estimate of drug-likeness (QED) is 0.873. The number of aliphatic hydroxyl groups is 1. The molecule has 3 aliphatic rings. The summed E-state index contributed by atoms with van der Waals surface area (Å²) in [4.78, 5) is 22.0. The van der Waals surface area contributed by atoms with Crippen LogP contribution in [0.15, 0.2) is 63.7 Å². The molecule has 2 aromatic heterocycles. The van der Waals surface area contributed by atoms with Gasteiger partial charge in [0.25, 0.3) is 5.56 Å². The summed E-state index contributed by atoms with van der Waals surface area (Å²) in [6.07, 6.45) is 11.6. The first-order chi connectivity index (χ1) is 12.1. The number of hydrogen-bond acceptors (Lipinski definition) is 4. The van der Waals surface area contributed by atoms with Gasteiger partial charge in [-0.3, -0.25) is 14.8 Å². The van der Waals surface area contributed by atoms with E-state index in [-0.39, 0.29) is 11.6 Å². The average Bonchev–Trinajstić information content (AvgIpc) is 3.00. The molecule has 0 fully saturated rings. The number of allylic oxidation sites excluding steroid dienone is 3. The predicted molar refractivity (Wildman–Crippen MR) is 96.9 cm³/mol. The second-order valence-electron chi connectivity index (χ2n) is 6.70. The Morgan fingerprint density at radius 1 is 1.28 bits per heavy atom. The van der Waals surface area contributed by atoms with Crippen molar-refractivity contribution in [3.63, 3.8) is 0 Å². The van der Waals surface area contributed by atoms with Crippen molar-refractivity contribution in [2.75, 3.05) is 0 Å². The van der Waals surface area contributed by atoms with Crippen LogP contribution >= 0.6 is 0 Å². The second kappa shape index (κ2) is 5.10. The molecule has 2 unspecified atom stereocenters. The molecular formula is C20H17N3O2. The summed E-state index contributed by atoms with van der Waals surface area (Å²) in [7, 11) is 0. The standard InChI is InChI=1S/C20H17N3O2/c1-11(24)15-9-21-10-16-14(15)8-18-19-13(6-7-23(18)20(16)25)12-4-2-3-5-17(12)22-19/h2-5,8-11,17,24H,6-7H2,1H3. The van der Waals surface area contributed by atoms with E-state index in [0.29, 0.717) is 17.5 Å². The largest absolute Gasteiger partial charge is 0.389 e. The molecule has 0 saturated carbocycles. The van der Waals surface area contributed by atoms with E-state index in [1.54, 1.807) is 23.9 Å². The summed E-state index contributed by atoms with van der Waals surface area (Å²) in [6.45, 7) is 2.34. The SMILES string of the molecule is CC(O)c1cncc2c(=O)n3c(cc12)C1=NC2C=CC=CC2=C1CC3. The molecule has 2 aromatic rings. The fourth-order valence-electron chi connectivity index (χ4n) is 4.02. The lowest BCUT2D eigenvalue weighted by Crippen LogP contribution is -2.31. The topological polar surface area (TPSA) is 67.5 Å². The Hall–Kier alpha value is -2.79. The zero-order valence-corrected chi connectivity index (χ0v) is 13.8. The van der Waals surface area contributed by atoms with Crippen molar-refractivity contribution in [2.24, 2.45) is 4.99 Å². The monoisotopic (exact) mass is 331 g/mol. The van der Waals surface area contributed by atoms with Gasteiger partial charge in [-0.2, -0.15) is 0 Å². The van der Waals surface area contributed by atoms with Crippen molar-refractivity contribution >= 4 is 16.5 Å². The van der Waals surface area contributed by atoms with Gasteiger partial charge < -0.3 is 9.67 Å². The predicted octanol–water partition coefficient (Wildman–Crippen LogP) is 2.45. The summed E-state index contributed by atoms with van der Waals surface area (Å²) in [5.74, 6) is 0. The molecule has 2 atom stereocenters. The van der Waals surface area contributed by atoms with E-state index in [9.17, 15) is 9.90 Å². The summed E-state index contributed by atoms with van der Waals surface area (Å²) >= 11 is 0. The molecule has 0 spiro atoms. The van der Waals surface area contributed by atoms with E-state index in [2.05, 4.69) is 17.1 Å². The lowest BCUT2D eigenvalue weighted by atomic mass is 9.91. The van der Waals surface area contributed by atoms with E-state index in [0.717, 1.165) is 23.2 Å². The van der Waals surface area contributed by atoms with Crippen molar-refractivity contribution in [3.05, 3.63) is 75.5 Å². The molecule has 25 heavy (non-hydrogen) atoms. The van der Waals surface area contributed by atoms with Crippen LogP contribution in [0.2, 0.25) is 0 Å².